The fourth-order valence-electron chi connectivity index (χ4n) is 14.0. The van der Waals surface area contributed by atoms with Gasteiger partial charge >= 0.3 is 23.9 Å². The minimum Gasteiger partial charge on any atom is -0.481 e. The van der Waals surface area contributed by atoms with Gasteiger partial charge in [0, 0.05) is 67.9 Å². The molecule has 0 radical (unpaired) electrons. The fourth-order valence-corrected chi connectivity index (χ4v) is 14.2. The summed E-state index contributed by atoms with van der Waals surface area (Å²) in [5.41, 5.74) is 28.7. The van der Waals surface area contributed by atoms with Crippen LogP contribution in [0.2, 0.25) is 0 Å². The van der Waals surface area contributed by atoms with E-state index in [9.17, 15) is 146 Å². The Kier molecular flexibility index (Phi) is 50.1. The first kappa shape index (κ1) is 118. The lowest BCUT2D eigenvalue weighted by atomic mass is 10.0. The first-order chi connectivity index (χ1) is 66.0. The van der Waals surface area contributed by atoms with Crippen LogP contribution < -0.4 is 114 Å². The Bertz CT molecular complexity index is 4910. The number of nitrogens with zero attached hydrogens (tertiary/aromatic N) is 1. The van der Waals surface area contributed by atoms with E-state index < -0.39 is 342 Å². The Balaban J connectivity index is 1.52. The number of hydrogen-bond donors (Lipinski definition) is 30. The van der Waals surface area contributed by atoms with Crippen molar-refractivity contribution >= 4 is 166 Å². The van der Waals surface area contributed by atoms with Gasteiger partial charge in [0.2, 0.25) is 118 Å². The predicted molar refractivity (Wildman–Crippen MR) is 490 cm³/mol. The molecule has 0 aliphatic carbocycles. The number of hydrogen-bond acceptors (Lipinski definition) is 30. The maximum Gasteiger partial charge on any atom is 0.326 e. The van der Waals surface area contributed by atoms with Crippen LogP contribution in [0.1, 0.15) is 142 Å². The number of rotatable bonds is 64. The molecule has 2 aromatic carbocycles. The maximum atomic E-state index is 14.9. The molecule has 1 fully saturated rings. The van der Waals surface area contributed by atoms with Gasteiger partial charge in [-0.3, -0.25) is 110 Å². The number of primary amides is 3. The van der Waals surface area contributed by atoms with Crippen molar-refractivity contribution in [2.75, 3.05) is 45.1 Å². The number of H-pyrrole nitrogens is 1. The zero-order valence-corrected chi connectivity index (χ0v) is 77.9. The standard InChI is InChI=1S/C85H125N23O31S/c1-40(2)29-53(77(130)99-52(85(138)139)22-26-67(120)121)100-73(126)48(17-10-11-27-86)98-82(135)69(41(3)110)106-65(117)37-93-63(115)35-92-64(116)36-94-72(125)54(30-43-13-6-5-7-14-43)103-83(136)70(42(4)111)107-79(132)55(31-44-34-91-47-16-9-8-15-45(44)47)102-81(134)59-18-12-28-108(59)84(137)57(33-68(122)123)104-75(128)51(21-25-66(118)119)97-78(131)56(32-62(90)114)101-80(133)58(38-109)105-76(129)50(20-24-61(89)113)96-74(127)49(19-23-60(88)112)95-71(124)46(87)39-140/h5-9,13-16,34,40-42,46,48-59,69-70,91,109-111,140H,10-12,17-33,35-39,86-87H2,1-4H3,(H2,88,112)(H2,89,113)(H2,90,114)(H,92,116)(H,93,115)(H,94,125)(H,95,124)(H,96,127)(H,97,131)(H,98,135)(H,99,130)(H,100,126)(H,101,133)(H,102,134)(H,103,136)(H,104,128)(H,105,129)(H,106,117)(H,107,132)(H,118,119)(H,120,121)(H,122,123)(H,138,139)/t41-,42-,46+,48+,49+,50+,51+,52+,53+,54+,55+,56+,57+,58+,59+,69+,70+/m1/s1. The number of aliphatic hydroxyl groups excluding tert-OH is 3. The number of aliphatic carboxylic acids is 4. The Morgan fingerprint density at radius 3 is 1.39 bits per heavy atom. The van der Waals surface area contributed by atoms with Gasteiger partial charge in [0.05, 0.1) is 57.3 Å². The Labute approximate surface area is 805 Å². The summed E-state index contributed by atoms with van der Waals surface area (Å²) < 4.78 is 0. The third-order valence-corrected chi connectivity index (χ3v) is 21.8. The molecule has 0 spiro atoms. The number of aromatic nitrogens is 1. The summed E-state index contributed by atoms with van der Waals surface area (Å²) in [5, 5.41) is 108. The zero-order valence-electron chi connectivity index (χ0n) is 77.1. The molecule has 34 N–H and O–H groups in total. The molecule has 1 aromatic heterocycles. The molecule has 20 amide bonds. The molecule has 0 saturated carbocycles. The number of carbonyl (C=O) groups excluding carboxylic acids is 20. The highest BCUT2D eigenvalue weighted by Gasteiger charge is 2.44. The van der Waals surface area contributed by atoms with E-state index in [1.54, 1.807) is 68.4 Å². The Hall–Kier alpha value is -14.6. The lowest BCUT2D eigenvalue weighted by Crippen LogP contribution is -2.62. The number of nitrogens with two attached hydrogens (primary N) is 5. The molecule has 1 saturated heterocycles. The van der Waals surface area contributed by atoms with Crippen molar-refractivity contribution in [3.8, 4) is 0 Å². The molecule has 0 bridgehead atoms. The van der Waals surface area contributed by atoms with E-state index in [1.165, 1.54) is 6.20 Å². The number of benzene rings is 2. The van der Waals surface area contributed by atoms with E-state index in [4.69, 9.17) is 33.8 Å². The summed E-state index contributed by atoms with van der Waals surface area (Å²) in [7, 11) is 0. The van der Waals surface area contributed by atoms with E-state index in [-0.39, 0.29) is 63.3 Å². The van der Waals surface area contributed by atoms with Crippen molar-refractivity contribution in [1.82, 2.24) is 95.0 Å². The molecule has 4 rings (SSSR count). The van der Waals surface area contributed by atoms with E-state index in [0.717, 1.165) is 18.7 Å². The number of carbonyl (C=O) groups is 24. The highest BCUT2D eigenvalue weighted by molar-refractivity contribution is 7.80. The number of thiol groups is 1. The summed E-state index contributed by atoms with van der Waals surface area (Å²) >= 11 is 3.93. The van der Waals surface area contributed by atoms with Crippen molar-refractivity contribution in [2.45, 2.75) is 246 Å². The normalized spacial score (nSPS) is 15.6. The van der Waals surface area contributed by atoms with Crippen LogP contribution in [0.4, 0.5) is 0 Å². The van der Waals surface area contributed by atoms with Crippen molar-refractivity contribution in [1.29, 1.82) is 0 Å². The number of aliphatic hydroxyl groups is 3. The van der Waals surface area contributed by atoms with Crippen LogP contribution in [0.15, 0.2) is 60.8 Å². The number of para-hydroxylation sites is 1. The summed E-state index contributed by atoms with van der Waals surface area (Å²) in [4.78, 5) is 324. The zero-order chi connectivity index (χ0) is 105. The second-order valence-electron chi connectivity index (χ2n) is 33.3. The van der Waals surface area contributed by atoms with Crippen LogP contribution in [0.3, 0.4) is 0 Å². The average molecular weight is 2000 g/mol. The molecule has 55 heteroatoms. The van der Waals surface area contributed by atoms with Gasteiger partial charge < -0.3 is 159 Å². The second kappa shape index (κ2) is 59.5. The van der Waals surface area contributed by atoms with Crippen molar-refractivity contribution in [3.63, 3.8) is 0 Å². The quantitative estimate of drug-likeness (QED) is 0.0184. The molecule has 3 aromatic rings. The van der Waals surface area contributed by atoms with Gasteiger partial charge in [0.15, 0.2) is 0 Å². The minimum atomic E-state index is -2.18. The van der Waals surface area contributed by atoms with Crippen LogP contribution in [-0.4, -0.2) is 336 Å². The number of unbranched alkanes of at least 4 members (excludes halogenated alkanes) is 1. The largest absolute Gasteiger partial charge is 0.481 e. The predicted octanol–water partition coefficient (Wildman–Crippen LogP) is -11.5. The molecular weight excluding hydrogens is 1870 g/mol. The molecule has 0 unspecified atom stereocenters. The molecule has 17 atom stereocenters. The number of nitrogens with one attached hydrogen (secondary N) is 17. The molecular formula is C85H125N23O31S. The van der Waals surface area contributed by atoms with Crippen molar-refractivity contribution < 1.29 is 151 Å². The molecule has 772 valence electrons. The first-order valence-corrected chi connectivity index (χ1v) is 45.0. The molecule has 54 nitrogen and oxygen atoms in total. The van der Waals surface area contributed by atoms with E-state index in [0.29, 0.717) is 28.5 Å². The Morgan fingerprint density at radius 1 is 0.436 bits per heavy atom. The fraction of sp³-hybridized carbons (Fsp3) is 0.553. The smallest absolute Gasteiger partial charge is 0.326 e. The van der Waals surface area contributed by atoms with Gasteiger partial charge in [0.25, 0.3) is 0 Å². The number of carboxylic acid groups (broad SMARTS) is 4. The van der Waals surface area contributed by atoms with Crippen LogP contribution in [0.25, 0.3) is 10.9 Å². The second-order valence-corrected chi connectivity index (χ2v) is 33.6. The van der Waals surface area contributed by atoms with E-state index in [1.807, 2.05) is 5.32 Å². The number of fused-ring (bicyclic) bond motifs is 1. The molecule has 1 aliphatic rings. The SMILES string of the molecule is CC(C)C[C@H](NC(=O)[C@H](CCCCN)NC(=O)[C@@H](NC(=O)CNC(=O)CNC(=O)CNC(=O)[C@H](Cc1ccccc1)NC(=O)[C@@H](NC(=O)[C@H](Cc1c[nH]c2ccccc12)NC(=O)[C@@H]1CCCN1C(=O)[C@H](CC(=O)O)NC(=O)[C@H](CCC(=O)O)NC(=O)[C@H](CC(N)=O)NC(=O)[C@H](CO)NC(=O)[C@H](CCC(N)=O)NC(=O)[C@H](CCC(N)=O)NC(=O)[C@@H](N)CS)[C@@H](C)O)[C@@H](C)O)C(=O)N[C@@H](CCC(=O)O)C(=O)O. The minimum absolute atomic E-state index is 0.000304. The van der Waals surface area contributed by atoms with Crippen LogP contribution in [0.5, 0.6) is 0 Å². The summed E-state index contributed by atoms with van der Waals surface area (Å²) in [5.74, 6) is -29.8. The molecule has 140 heavy (non-hydrogen) atoms. The van der Waals surface area contributed by atoms with Gasteiger partial charge in [-0.05, 0) is 108 Å². The molecule has 1 aliphatic heterocycles. The van der Waals surface area contributed by atoms with Crippen molar-refractivity contribution in [2.24, 2.45) is 34.6 Å². The van der Waals surface area contributed by atoms with Crippen LogP contribution in [0, 0.1) is 5.92 Å². The van der Waals surface area contributed by atoms with Gasteiger partial charge in [-0.25, -0.2) is 4.79 Å². The number of carboxylic acids is 4. The highest BCUT2D eigenvalue weighted by Crippen LogP contribution is 2.24. The first-order valence-electron chi connectivity index (χ1n) is 44.4. The maximum absolute atomic E-state index is 14.9. The van der Waals surface area contributed by atoms with Gasteiger partial charge in [-0.2, -0.15) is 12.6 Å². The average Bonchev–Trinajstić information content (AvgIpc) is 1.62. The van der Waals surface area contributed by atoms with E-state index in [2.05, 4.69) is 97.4 Å². The number of amides is 20. The van der Waals surface area contributed by atoms with Gasteiger partial charge in [-0.15, -0.1) is 0 Å². The monoisotopic (exact) mass is 2000 g/mol. The van der Waals surface area contributed by atoms with Crippen molar-refractivity contribution in [3.05, 3.63) is 71.9 Å². The Morgan fingerprint density at radius 2 is 0.871 bits per heavy atom. The highest BCUT2D eigenvalue weighted by atomic mass is 32.1. The third kappa shape index (κ3) is 41.4. The summed E-state index contributed by atoms with van der Waals surface area (Å²) in [6, 6.07) is -12.0. The number of aromatic amines is 1. The third-order valence-electron chi connectivity index (χ3n) is 21.4. The summed E-state index contributed by atoms with van der Waals surface area (Å²) in [6.45, 7) is 1.48. The summed E-state index contributed by atoms with van der Waals surface area (Å²) in [6.07, 6.45) is -10.0. The van der Waals surface area contributed by atoms with Gasteiger partial charge in [0.1, 0.15) is 84.6 Å². The topological polar surface area (TPSA) is 893 Å². The number of likely N-dealkylation sites (tertiary alicyclic amines) is 1. The van der Waals surface area contributed by atoms with Crippen LogP contribution in [-0.2, 0) is 128 Å². The lowest BCUT2D eigenvalue weighted by Gasteiger charge is -2.31. The van der Waals surface area contributed by atoms with Gasteiger partial charge in [-0.1, -0.05) is 62.4 Å². The molecule has 2 heterocycles. The van der Waals surface area contributed by atoms with Crippen LogP contribution >= 0.6 is 12.6 Å². The lowest BCUT2D eigenvalue weighted by molar-refractivity contribution is -0.146. The van der Waals surface area contributed by atoms with E-state index >= 15 is 0 Å².